The van der Waals surface area contributed by atoms with E-state index in [1.54, 1.807) is 11.3 Å². The van der Waals surface area contributed by atoms with E-state index >= 15 is 0 Å². The summed E-state index contributed by atoms with van der Waals surface area (Å²) in [7, 11) is 0. The summed E-state index contributed by atoms with van der Waals surface area (Å²) in [4.78, 5) is 18.7. The smallest absolute Gasteiger partial charge is 0.275 e. The van der Waals surface area contributed by atoms with Crippen molar-refractivity contribution in [3.63, 3.8) is 0 Å². The largest absolute Gasteiger partial charge is 0.298 e. The first kappa shape index (κ1) is 15.0. The average Bonchev–Trinajstić information content (AvgIpc) is 2.96. The zero-order valence-corrected chi connectivity index (χ0v) is 13.4. The highest BCUT2D eigenvalue weighted by Crippen LogP contribution is 2.26. The monoisotopic (exact) mass is 308 g/mol. The number of amides is 1. The molecule has 116 valence electrons. The summed E-state index contributed by atoms with van der Waals surface area (Å²) in [5.74, 6) is 4.99. The fourth-order valence-corrected chi connectivity index (χ4v) is 4.43. The van der Waals surface area contributed by atoms with Gasteiger partial charge in [0.2, 0.25) is 0 Å². The molecule has 2 aliphatic rings. The second kappa shape index (κ2) is 6.44. The van der Waals surface area contributed by atoms with E-state index in [0.717, 1.165) is 19.1 Å². The summed E-state index contributed by atoms with van der Waals surface area (Å²) in [6.45, 7) is 6.84. The summed E-state index contributed by atoms with van der Waals surface area (Å²) >= 11 is 1.54. The zero-order chi connectivity index (χ0) is 14.8. The second-order valence-corrected chi connectivity index (χ2v) is 7.33. The van der Waals surface area contributed by atoms with Crippen LogP contribution in [0.25, 0.3) is 0 Å². The van der Waals surface area contributed by atoms with E-state index in [-0.39, 0.29) is 5.91 Å². The van der Waals surface area contributed by atoms with Gasteiger partial charge in [0.15, 0.2) is 0 Å². The normalized spacial score (nSPS) is 27.3. The Kier molecular flexibility index (Phi) is 4.59. The third-order valence-corrected chi connectivity index (χ3v) is 5.76. The Hall–Kier alpha value is -0.950. The summed E-state index contributed by atoms with van der Waals surface area (Å²) < 4.78 is 0. The molecule has 5 nitrogen and oxygen atoms in total. The molecule has 3 rings (SSSR count). The lowest BCUT2D eigenvalue weighted by atomic mass is 9.97. The molecule has 2 fully saturated rings. The molecule has 2 unspecified atom stereocenters. The number of hydrogen-bond acceptors (Lipinski definition) is 5. The van der Waals surface area contributed by atoms with E-state index in [1.807, 2.05) is 6.07 Å². The van der Waals surface area contributed by atoms with Crippen LogP contribution >= 0.6 is 11.3 Å². The summed E-state index contributed by atoms with van der Waals surface area (Å²) in [5, 5.41) is 0. The van der Waals surface area contributed by atoms with Gasteiger partial charge in [-0.2, -0.15) is 0 Å². The molecule has 2 saturated heterocycles. The third kappa shape index (κ3) is 3.29. The molecular formula is C15H24N4OS. The number of nitrogens with zero attached hydrogens (tertiary/aromatic N) is 2. The van der Waals surface area contributed by atoms with Gasteiger partial charge in [-0.05, 0) is 38.4 Å². The lowest BCUT2D eigenvalue weighted by Crippen LogP contribution is -2.58. The minimum Gasteiger partial charge on any atom is -0.298 e. The lowest BCUT2D eigenvalue weighted by molar-refractivity contribution is 0.0116. The molecule has 0 bridgehead atoms. The number of hydrogen-bond donors (Lipinski definition) is 2. The Bertz CT molecular complexity index is 504. The molecule has 2 atom stereocenters. The number of hydrazine groups is 1. The number of nitrogen functional groups attached to an aromatic ring is 1. The Morgan fingerprint density at radius 2 is 2.29 bits per heavy atom. The maximum atomic E-state index is 11.5. The maximum Gasteiger partial charge on any atom is 0.275 e. The van der Waals surface area contributed by atoms with Crippen LogP contribution in [0.4, 0.5) is 0 Å². The number of piperazine rings is 1. The van der Waals surface area contributed by atoms with Crippen LogP contribution in [0.1, 0.15) is 40.7 Å². The SMILES string of the molecule is CC1CN2CCCCC2CN1Cc1ccc(C(=O)NN)s1. The first-order valence-electron chi connectivity index (χ1n) is 7.75. The van der Waals surface area contributed by atoms with Crippen LogP contribution in [0, 0.1) is 0 Å². The minimum absolute atomic E-state index is 0.198. The molecule has 0 aliphatic carbocycles. The fraction of sp³-hybridized carbons (Fsp3) is 0.667. The number of carbonyl (C=O) groups is 1. The molecule has 6 heteroatoms. The van der Waals surface area contributed by atoms with Crippen LogP contribution in [0.2, 0.25) is 0 Å². The number of thiophene rings is 1. The minimum atomic E-state index is -0.198. The van der Waals surface area contributed by atoms with E-state index in [0.29, 0.717) is 10.9 Å². The maximum absolute atomic E-state index is 11.5. The van der Waals surface area contributed by atoms with Crippen molar-refractivity contribution in [1.29, 1.82) is 0 Å². The predicted molar refractivity (Wildman–Crippen MR) is 85.1 cm³/mol. The first-order chi connectivity index (χ1) is 10.2. The van der Waals surface area contributed by atoms with Crippen LogP contribution < -0.4 is 11.3 Å². The molecule has 2 aliphatic heterocycles. The molecule has 1 aromatic heterocycles. The van der Waals surface area contributed by atoms with E-state index in [4.69, 9.17) is 5.84 Å². The van der Waals surface area contributed by atoms with Gasteiger partial charge in [0.25, 0.3) is 5.91 Å². The number of fused-ring (bicyclic) bond motifs is 1. The highest BCUT2D eigenvalue weighted by Gasteiger charge is 2.32. The first-order valence-corrected chi connectivity index (χ1v) is 8.57. The quantitative estimate of drug-likeness (QED) is 0.503. The van der Waals surface area contributed by atoms with E-state index in [9.17, 15) is 4.79 Å². The number of nitrogens with two attached hydrogens (primary N) is 1. The van der Waals surface area contributed by atoms with Gasteiger partial charge in [-0.25, -0.2) is 5.84 Å². The Balaban J connectivity index is 1.64. The molecule has 0 spiro atoms. The third-order valence-electron chi connectivity index (χ3n) is 4.69. The van der Waals surface area contributed by atoms with Crippen molar-refractivity contribution in [3.05, 3.63) is 21.9 Å². The second-order valence-electron chi connectivity index (χ2n) is 6.16. The van der Waals surface area contributed by atoms with Crippen molar-refractivity contribution in [2.45, 2.75) is 44.8 Å². The highest BCUT2D eigenvalue weighted by molar-refractivity contribution is 7.14. The molecule has 3 N–H and O–H groups in total. The summed E-state index contributed by atoms with van der Waals surface area (Å²) in [6, 6.07) is 5.22. The molecule has 3 heterocycles. The Morgan fingerprint density at radius 3 is 3.10 bits per heavy atom. The molecule has 0 radical (unpaired) electrons. The van der Waals surface area contributed by atoms with Gasteiger partial charge in [-0.15, -0.1) is 11.3 Å². The Morgan fingerprint density at radius 1 is 1.43 bits per heavy atom. The van der Waals surface area contributed by atoms with Gasteiger partial charge < -0.3 is 0 Å². The van der Waals surface area contributed by atoms with Gasteiger partial charge in [0.1, 0.15) is 0 Å². The van der Waals surface area contributed by atoms with Crippen molar-refractivity contribution in [2.75, 3.05) is 19.6 Å². The fourth-order valence-electron chi connectivity index (χ4n) is 3.49. The number of nitrogens with one attached hydrogen (secondary N) is 1. The van der Waals surface area contributed by atoms with Crippen LogP contribution in [-0.2, 0) is 6.54 Å². The highest BCUT2D eigenvalue weighted by atomic mass is 32.1. The van der Waals surface area contributed by atoms with Crippen LogP contribution in [0.3, 0.4) is 0 Å². The molecule has 21 heavy (non-hydrogen) atoms. The zero-order valence-electron chi connectivity index (χ0n) is 12.5. The van der Waals surface area contributed by atoms with E-state index in [1.165, 1.54) is 37.2 Å². The van der Waals surface area contributed by atoms with Crippen molar-refractivity contribution < 1.29 is 4.79 Å². The van der Waals surface area contributed by atoms with Gasteiger partial charge in [-0.3, -0.25) is 20.0 Å². The number of carbonyl (C=O) groups excluding carboxylic acids is 1. The van der Waals surface area contributed by atoms with Crippen molar-refractivity contribution in [2.24, 2.45) is 5.84 Å². The Labute approximate surface area is 130 Å². The van der Waals surface area contributed by atoms with Gasteiger partial charge in [0.05, 0.1) is 4.88 Å². The number of rotatable bonds is 3. The average molecular weight is 308 g/mol. The van der Waals surface area contributed by atoms with Crippen LogP contribution in [0.15, 0.2) is 12.1 Å². The van der Waals surface area contributed by atoms with Crippen molar-refractivity contribution in [3.8, 4) is 0 Å². The topological polar surface area (TPSA) is 61.6 Å². The molecule has 0 saturated carbocycles. The summed E-state index contributed by atoms with van der Waals surface area (Å²) in [6.07, 6.45) is 4.05. The summed E-state index contributed by atoms with van der Waals surface area (Å²) in [5.41, 5.74) is 2.20. The van der Waals surface area contributed by atoms with E-state index in [2.05, 4.69) is 28.2 Å². The van der Waals surface area contributed by atoms with Gasteiger partial charge in [-0.1, -0.05) is 6.42 Å². The standard InChI is InChI=1S/C15H24N4OS/c1-11-8-18-7-3-2-4-12(18)9-19(11)10-13-5-6-14(21-13)15(20)17-16/h5-6,11-12H,2-4,7-10,16H2,1H3,(H,17,20). The van der Waals surface area contributed by atoms with Crippen molar-refractivity contribution in [1.82, 2.24) is 15.2 Å². The van der Waals surface area contributed by atoms with Gasteiger partial charge >= 0.3 is 0 Å². The molecule has 1 aromatic rings. The molecule has 1 amide bonds. The molecule has 0 aromatic carbocycles. The van der Waals surface area contributed by atoms with Gasteiger partial charge in [0, 0.05) is 36.6 Å². The molecular weight excluding hydrogens is 284 g/mol. The van der Waals surface area contributed by atoms with Crippen LogP contribution in [0.5, 0.6) is 0 Å². The van der Waals surface area contributed by atoms with E-state index < -0.39 is 0 Å². The predicted octanol–water partition coefficient (Wildman–Crippen LogP) is 1.41. The number of piperidine rings is 1. The lowest BCUT2D eigenvalue weighted by Gasteiger charge is -2.47. The van der Waals surface area contributed by atoms with Crippen molar-refractivity contribution >= 4 is 17.2 Å². The van der Waals surface area contributed by atoms with Crippen LogP contribution in [-0.4, -0.2) is 47.4 Å².